The zero-order valence-electron chi connectivity index (χ0n) is 22.4. The van der Waals surface area contributed by atoms with Gasteiger partial charge in [-0.1, -0.05) is 6.07 Å². The summed E-state index contributed by atoms with van der Waals surface area (Å²) in [6.45, 7) is 3.38. The van der Waals surface area contributed by atoms with E-state index in [4.69, 9.17) is 9.47 Å². The summed E-state index contributed by atoms with van der Waals surface area (Å²) in [5.41, 5.74) is 0.373. The molecule has 0 radical (unpaired) electrons. The number of pyridine rings is 2. The van der Waals surface area contributed by atoms with Gasteiger partial charge in [0.25, 0.3) is 11.8 Å². The zero-order chi connectivity index (χ0) is 29.0. The summed E-state index contributed by atoms with van der Waals surface area (Å²) in [6, 6.07) is 2.88. The average Bonchev–Trinajstić information content (AvgIpc) is 2.92. The first-order valence-electron chi connectivity index (χ1n) is 13.0. The number of nitrogens with one attached hydrogen (secondary N) is 2. The van der Waals surface area contributed by atoms with E-state index in [2.05, 4.69) is 20.6 Å². The van der Waals surface area contributed by atoms with Gasteiger partial charge in [-0.2, -0.15) is 0 Å². The van der Waals surface area contributed by atoms with Crippen molar-refractivity contribution in [3.63, 3.8) is 0 Å². The van der Waals surface area contributed by atoms with Gasteiger partial charge < -0.3 is 35.2 Å². The molecule has 0 aliphatic carbocycles. The minimum Gasteiger partial charge on any atom is -0.505 e. The Labute approximate surface area is 230 Å². The van der Waals surface area contributed by atoms with Gasteiger partial charge in [0.05, 0.1) is 24.1 Å². The first kappa shape index (κ1) is 28.9. The first-order valence-corrected chi connectivity index (χ1v) is 13.0. The molecule has 40 heavy (non-hydrogen) atoms. The number of ether oxygens (including phenoxy) is 2. The third kappa shape index (κ3) is 6.20. The molecule has 0 bridgehead atoms. The van der Waals surface area contributed by atoms with Gasteiger partial charge >= 0.3 is 5.97 Å². The van der Waals surface area contributed by atoms with E-state index in [1.165, 1.54) is 37.2 Å². The lowest BCUT2D eigenvalue weighted by Crippen LogP contribution is -2.63. The summed E-state index contributed by atoms with van der Waals surface area (Å²) in [5, 5.41) is 26.7. The monoisotopic (exact) mass is 555 g/mol. The van der Waals surface area contributed by atoms with Crippen molar-refractivity contribution in [2.75, 3.05) is 13.7 Å². The van der Waals surface area contributed by atoms with Gasteiger partial charge in [0.1, 0.15) is 17.9 Å². The molecule has 13 heteroatoms. The Kier molecular flexibility index (Phi) is 8.95. The number of hydrogen-bond acceptors (Lipinski definition) is 10. The lowest BCUT2D eigenvalue weighted by atomic mass is 9.92. The maximum Gasteiger partial charge on any atom is 0.312 e. The summed E-state index contributed by atoms with van der Waals surface area (Å²) in [4.78, 5) is 62.6. The van der Waals surface area contributed by atoms with Crippen LogP contribution in [-0.4, -0.2) is 98.9 Å². The van der Waals surface area contributed by atoms with Crippen LogP contribution in [-0.2, 0) is 30.3 Å². The number of aromatic nitrogens is 2. The van der Waals surface area contributed by atoms with Crippen LogP contribution in [0.25, 0.3) is 0 Å². The Hall–Kier alpha value is -4.10. The van der Waals surface area contributed by atoms with Crippen molar-refractivity contribution in [2.45, 2.75) is 63.1 Å². The topological polar surface area (TPSA) is 180 Å². The second kappa shape index (κ2) is 12.4. The molecule has 4 N–H and O–H groups in total. The van der Waals surface area contributed by atoms with Gasteiger partial charge in [-0.3, -0.25) is 24.2 Å². The molecule has 2 aromatic rings. The highest BCUT2D eigenvalue weighted by atomic mass is 16.6. The number of cyclic esters (lactones) is 1. The lowest BCUT2D eigenvalue weighted by Gasteiger charge is -2.40. The van der Waals surface area contributed by atoms with E-state index in [1.807, 2.05) is 0 Å². The van der Waals surface area contributed by atoms with Crippen LogP contribution in [0.1, 0.15) is 36.3 Å². The fourth-order valence-corrected chi connectivity index (χ4v) is 4.61. The molecule has 2 aliphatic heterocycles. The summed E-state index contributed by atoms with van der Waals surface area (Å²) in [5.74, 6) is -4.53. The molecule has 214 valence electrons. The Morgan fingerprint density at radius 2 is 1.93 bits per heavy atom. The molecule has 2 fully saturated rings. The smallest absolute Gasteiger partial charge is 0.312 e. The van der Waals surface area contributed by atoms with Crippen LogP contribution in [0.2, 0.25) is 0 Å². The highest BCUT2D eigenvalue weighted by Crippen LogP contribution is 2.24. The number of aliphatic hydroxyl groups excluding tert-OH is 1. The second-order valence-corrected chi connectivity index (χ2v) is 10.0. The van der Waals surface area contributed by atoms with Gasteiger partial charge in [-0.05, 0) is 44.0 Å². The van der Waals surface area contributed by atoms with Crippen molar-refractivity contribution in [1.29, 1.82) is 0 Å². The molecular weight excluding hydrogens is 522 g/mol. The Morgan fingerprint density at radius 1 is 1.20 bits per heavy atom. The normalized spacial score (nSPS) is 29.8. The van der Waals surface area contributed by atoms with Gasteiger partial charge in [0.15, 0.2) is 5.69 Å². The van der Waals surface area contributed by atoms with E-state index < -0.39 is 71.8 Å². The van der Waals surface area contributed by atoms with Crippen molar-refractivity contribution in [1.82, 2.24) is 25.5 Å². The fraction of sp³-hybridized carbons (Fsp3) is 0.481. The van der Waals surface area contributed by atoms with Crippen molar-refractivity contribution >= 4 is 23.7 Å². The van der Waals surface area contributed by atoms with E-state index in [1.54, 1.807) is 31.5 Å². The molecular formula is C27H33N5O8. The van der Waals surface area contributed by atoms with Gasteiger partial charge in [-0.25, -0.2) is 4.98 Å². The average molecular weight is 556 g/mol. The van der Waals surface area contributed by atoms with Crippen LogP contribution < -0.4 is 10.6 Å². The molecule has 4 heterocycles. The molecule has 2 unspecified atom stereocenters. The van der Waals surface area contributed by atoms with Crippen LogP contribution in [0.5, 0.6) is 5.75 Å². The van der Waals surface area contributed by atoms with Crippen molar-refractivity contribution < 1.29 is 38.9 Å². The standard InChI is InChI=1S/C27H33N5O8/c1-14-22(34)17(12-16-6-4-9-28-13-16)30-24(35)20(31-25(36)21-18(33)7-5-10-29-21)15(2)32(3)26(37)23(40-27(14)38)19-8-11-39-19/h4-7,9-10,13-15,17,19-20,22-23,33-34H,8,11-12H2,1-3H3,(H,30,35)(H,31,36)/t14-,15-,17+,19?,20+,22+,23?/m1/s1. The SMILES string of the molecule is C[C@@H]1[C@H](NC(=O)c2ncccc2O)C(=O)N[C@@H](Cc2cccnc2)[C@@H](O)[C@@H](C)C(=O)OC(C2CCO2)C(=O)N1C. The second-order valence-electron chi connectivity index (χ2n) is 10.0. The maximum atomic E-state index is 13.7. The molecule has 13 nitrogen and oxygen atoms in total. The Bertz CT molecular complexity index is 1240. The van der Waals surface area contributed by atoms with Gasteiger partial charge in [-0.15, -0.1) is 0 Å². The van der Waals surface area contributed by atoms with Crippen molar-refractivity contribution in [2.24, 2.45) is 5.92 Å². The predicted octanol–water partition coefficient (Wildman–Crippen LogP) is -0.434. The van der Waals surface area contributed by atoms with Gasteiger partial charge in [0.2, 0.25) is 12.0 Å². The van der Waals surface area contributed by atoms with E-state index in [0.29, 0.717) is 18.6 Å². The summed E-state index contributed by atoms with van der Waals surface area (Å²) >= 11 is 0. The molecule has 0 saturated carbocycles. The number of aliphatic hydroxyl groups is 1. The van der Waals surface area contributed by atoms with Crippen molar-refractivity contribution in [3.05, 3.63) is 54.1 Å². The molecule has 2 aliphatic rings. The highest BCUT2D eigenvalue weighted by molar-refractivity contribution is 5.98. The molecule has 0 aromatic carbocycles. The predicted molar refractivity (Wildman–Crippen MR) is 139 cm³/mol. The quantitative estimate of drug-likeness (QED) is 0.354. The number of aromatic hydroxyl groups is 1. The zero-order valence-corrected chi connectivity index (χ0v) is 22.4. The minimum atomic E-state index is -1.42. The summed E-state index contributed by atoms with van der Waals surface area (Å²) in [7, 11) is 1.42. The number of carbonyl (C=O) groups excluding carboxylic acids is 4. The maximum absolute atomic E-state index is 13.7. The van der Waals surface area contributed by atoms with E-state index >= 15 is 0 Å². The van der Waals surface area contributed by atoms with E-state index in [9.17, 15) is 29.4 Å². The summed E-state index contributed by atoms with van der Waals surface area (Å²) in [6.07, 6.45) is 1.64. The Morgan fingerprint density at radius 3 is 2.55 bits per heavy atom. The lowest BCUT2D eigenvalue weighted by molar-refractivity contribution is -0.188. The molecule has 2 aromatic heterocycles. The Balaban J connectivity index is 1.71. The van der Waals surface area contributed by atoms with Crippen LogP contribution in [0.15, 0.2) is 42.9 Å². The minimum absolute atomic E-state index is 0.110. The number of rotatable bonds is 5. The van der Waals surface area contributed by atoms with E-state index in [-0.39, 0.29) is 12.1 Å². The summed E-state index contributed by atoms with van der Waals surface area (Å²) < 4.78 is 11.1. The molecule has 2 saturated heterocycles. The fourth-order valence-electron chi connectivity index (χ4n) is 4.61. The number of carbonyl (C=O) groups is 4. The number of nitrogens with zero attached hydrogens (tertiary/aromatic N) is 3. The first-order chi connectivity index (χ1) is 19.1. The van der Waals surface area contributed by atoms with Crippen LogP contribution >= 0.6 is 0 Å². The third-order valence-electron chi connectivity index (χ3n) is 7.37. The molecule has 4 rings (SSSR count). The molecule has 3 amide bonds. The highest BCUT2D eigenvalue weighted by Gasteiger charge is 2.45. The van der Waals surface area contributed by atoms with Crippen molar-refractivity contribution in [3.8, 4) is 5.75 Å². The largest absolute Gasteiger partial charge is 0.505 e. The molecule has 7 atom stereocenters. The van der Waals surface area contributed by atoms with Crippen LogP contribution in [0, 0.1) is 5.92 Å². The number of amides is 3. The van der Waals surface area contributed by atoms with Crippen LogP contribution in [0.3, 0.4) is 0 Å². The number of likely N-dealkylation sites (N-methyl/N-ethyl adjacent to an activating group) is 1. The molecule has 0 spiro atoms. The number of esters is 1. The third-order valence-corrected chi connectivity index (χ3v) is 7.37. The number of hydrogen-bond donors (Lipinski definition) is 4. The van der Waals surface area contributed by atoms with E-state index in [0.717, 1.165) is 0 Å². The van der Waals surface area contributed by atoms with Crippen LogP contribution in [0.4, 0.5) is 0 Å². The van der Waals surface area contributed by atoms with Gasteiger partial charge in [0, 0.05) is 38.7 Å².